The van der Waals surface area contributed by atoms with E-state index >= 15 is 0 Å². The minimum absolute atomic E-state index is 0.0293. The maximum absolute atomic E-state index is 12.9. The van der Waals surface area contributed by atoms with Crippen molar-refractivity contribution < 1.29 is 18.8 Å². The Kier molecular flexibility index (Phi) is 7.24. The van der Waals surface area contributed by atoms with E-state index < -0.39 is 5.41 Å². The molecule has 1 fully saturated rings. The highest BCUT2D eigenvalue weighted by molar-refractivity contribution is 5.77. The molecule has 3 aromatic rings. The van der Waals surface area contributed by atoms with Gasteiger partial charge < -0.3 is 18.9 Å². The first-order valence-corrected chi connectivity index (χ1v) is 10.8. The number of ether oxygens (including phenoxy) is 2. The highest BCUT2D eigenvalue weighted by Crippen LogP contribution is 2.36. The summed E-state index contributed by atoms with van der Waals surface area (Å²) in [6, 6.07) is 13.6. The maximum Gasteiger partial charge on any atom is 0.259 e. The van der Waals surface area contributed by atoms with Gasteiger partial charge in [-0.3, -0.25) is 9.78 Å². The molecule has 2 aromatic heterocycles. The van der Waals surface area contributed by atoms with E-state index in [4.69, 9.17) is 14.0 Å². The minimum atomic E-state index is -0.423. The summed E-state index contributed by atoms with van der Waals surface area (Å²) in [5.74, 6) is 1.01. The highest BCUT2D eigenvalue weighted by atomic mass is 16.5. The third kappa shape index (κ3) is 5.20. The number of methoxy groups -OCH3 is 1. The monoisotopic (exact) mass is 436 g/mol. The zero-order chi connectivity index (χ0) is 22.2. The number of aromatic nitrogens is 3. The smallest absolute Gasteiger partial charge is 0.259 e. The largest absolute Gasteiger partial charge is 0.385 e. The molecular formula is C24H28N4O4. The molecule has 3 heterocycles. The lowest BCUT2D eigenvalue weighted by Crippen LogP contribution is -2.50. The molecule has 168 valence electrons. The summed E-state index contributed by atoms with van der Waals surface area (Å²) in [5, 5.41) is 4.30. The second-order valence-corrected chi connectivity index (χ2v) is 8.09. The molecular weight excluding hydrogens is 408 g/mol. The summed E-state index contributed by atoms with van der Waals surface area (Å²) in [6.45, 7) is 2.20. The number of piperidine rings is 1. The summed E-state index contributed by atoms with van der Waals surface area (Å²) in [5.41, 5.74) is 1.39. The van der Waals surface area contributed by atoms with E-state index in [1.165, 1.54) is 0 Å². The first kappa shape index (κ1) is 22.1. The van der Waals surface area contributed by atoms with Gasteiger partial charge in [0.05, 0.1) is 17.6 Å². The molecule has 0 aliphatic carbocycles. The van der Waals surface area contributed by atoms with Crippen LogP contribution in [0.25, 0.3) is 11.5 Å². The van der Waals surface area contributed by atoms with Crippen molar-refractivity contribution in [1.29, 1.82) is 0 Å². The van der Waals surface area contributed by atoms with Crippen LogP contribution >= 0.6 is 0 Å². The van der Waals surface area contributed by atoms with Gasteiger partial charge in [0.15, 0.2) is 5.82 Å². The SMILES string of the molecule is COCCC1(c2noc(-c3cccnc3)n2)CCCN(C(=O)COCc2ccccc2)C1. The minimum Gasteiger partial charge on any atom is -0.385 e. The van der Waals surface area contributed by atoms with Gasteiger partial charge in [-0.15, -0.1) is 0 Å². The van der Waals surface area contributed by atoms with Crippen LogP contribution in [0.3, 0.4) is 0 Å². The van der Waals surface area contributed by atoms with Crippen LogP contribution < -0.4 is 0 Å². The predicted molar refractivity (Wildman–Crippen MR) is 118 cm³/mol. The average Bonchev–Trinajstić information content (AvgIpc) is 3.35. The fraction of sp³-hybridized carbons (Fsp3) is 0.417. The quantitative estimate of drug-likeness (QED) is 0.509. The first-order chi connectivity index (χ1) is 15.7. The van der Waals surface area contributed by atoms with E-state index in [0.717, 1.165) is 24.0 Å². The predicted octanol–water partition coefficient (Wildman–Crippen LogP) is 3.25. The number of carbonyl (C=O) groups is 1. The van der Waals surface area contributed by atoms with E-state index in [-0.39, 0.29) is 12.5 Å². The zero-order valence-corrected chi connectivity index (χ0v) is 18.3. The lowest BCUT2D eigenvalue weighted by Gasteiger charge is -2.40. The first-order valence-electron chi connectivity index (χ1n) is 10.8. The number of carbonyl (C=O) groups excluding carboxylic acids is 1. The molecule has 8 nitrogen and oxygen atoms in total. The molecule has 4 rings (SSSR count). The molecule has 1 saturated heterocycles. The normalized spacial score (nSPS) is 18.6. The fourth-order valence-corrected chi connectivity index (χ4v) is 4.11. The van der Waals surface area contributed by atoms with Crippen molar-refractivity contribution in [3.8, 4) is 11.5 Å². The number of nitrogens with zero attached hydrogens (tertiary/aromatic N) is 4. The second-order valence-electron chi connectivity index (χ2n) is 8.09. The highest BCUT2D eigenvalue weighted by Gasteiger charge is 2.42. The average molecular weight is 437 g/mol. The molecule has 1 aliphatic rings. The zero-order valence-electron chi connectivity index (χ0n) is 18.3. The van der Waals surface area contributed by atoms with E-state index in [9.17, 15) is 4.79 Å². The Bertz CT molecular complexity index is 996. The Morgan fingerprint density at radius 2 is 2.09 bits per heavy atom. The van der Waals surface area contributed by atoms with Crippen LogP contribution in [0.1, 0.15) is 30.7 Å². The van der Waals surface area contributed by atoms with Gasteiger partial charge in [0.1, 0.15) is 6.61 Å². The fourth-order valence-electron chi connectivity index (χ4n) is 4.11. The molecule has 0 bridgehead atoms. The molecule has 1 amide bonds. The lowest BCUT2D eigenvalue weighted by molar-refractivity contribution is -0.139. The van der Waals surface area contributed by atoms with Gasteiger partial charge in [-0.1, -0.05) is 35.5 Å². The molecule has 0 saturated carbocycles. The summed E-state index contributed by atoms with van der Waals surface area (Å²) in [6.07, 6.45) is 5.80. The summed E-state index contributed by atoms with van der Waals surface area (Å²) in [4.78, 5) is 23.6. The number of benzene rings is 1. The van der Waals surface area contributed by atoms with Gasteiger partial charge in [-0.25, -0.2) is 0 Å². The third-order valence-corrected chi connectivity index (χ3v) is 5.86. The van der Waals surface area contributed by atoms with E-state index in [1.54, 1.807) is 19.5 Å². The summed E-state index contributed by atoms with van der Waals surface area (Å²) < 4.78 is 16.6. The number of rotatable bonds is 9. The third-order valence-electron chi connectivity index (χ3n) is 5.86. The van der Waals surface area contributed by atoms with Crippen molar-refractivity contribution in [3.63, 3.8) is 0 Å². The van der Waals surface area contributed by atoms with Crippen LogP contribution in [-0.2, 0) is 26.3 Å². The Labute approximate surface area is 187 Å². The number of likely N-dealkylation sites (tertiary alicyclic amines) is 1. The van der Waals surface area contributed by atoms with Crippen molar-refractivity contribution >= 4 is 5.91 Å². The summed E-state index contributed by atoms with van der Waals surface area (Å²) >= 11 is 0. The Morgan fingerprint density at radius 3 is 2.88 bits per heavy atom. The van der Waals surface area contributed by atoms with Crippen molar-refractivity contribution in [2.24, 2.45) is 0 Å². The molecule has 1 unspecified atom stereocenters. The number of pyridine rings is 1. The van der Waals surface area contributed by atoms with Gasteiger partial charge in [0, 0.05) is 39.2 Å². The number of amides is 1. The van der Waals surface area contributed by atoms with Crippen LogP contribution in [0.15, 0.2) is 59.4 Å². The van der Waals surface area contributed by atoms with Crippen molar-refractivity contribution in [3.05, 3.63) is 66.2 Å². The van der Waals surface area contributed by atoms with Crippen molar-refractivity contribution in [2.45, 2.75) is 31.3 Å². The van der Waals surface area contributed by atoms with Crippen molar-refractivity contribution in [1.82, 2.24) is 20.0 Å². The van der Waals surface area contributed by atoms with Gasteiger partial charge in [0.25, 0.3) is 5.89 Å². The topological polar surface area (TPSA) is 90.6 Å². The Morgan fingerprint density at radius 1 is 1.22 bits per heavy atom. The molecule has 8 heteroatoms. The molecule has 0 radical (unpaired) electrons. The van der Waals surface area contributed by atoms with Crippen LogP contribution in [0.2, 0.25) is 0 Å². The Hall–Kier alpha value is -3.10. The number of hydrogen-bond donors (Lipinski definition) is 0. The molecule has 1 aliphatic heterocycles. The number of hydrogen-bond acceptors (Lipinski definition) is 7. The van der Waals surface area contributed by atoms with E-state index in [0.29, 0.717) is 44.4 Å². The Balaban J connectivity index is 1.46. The van der Waals surface area contributed by atoms with Crippen LogP contribution in [-0.4, -0.2) is 59.3 Å². The summed E-state index contributed by atoms with van der Waals surface area (Å²) in [7, 11) is 1.67. The molecule has 1 atom stereocenters. The van der Waals surface area contributed by atoms with E-state index in [1.807, 2.05) is 47.4 Å². The second kappa shape index (κ2) is 10.5. The van der Waals surface area contributed by atoms with Crippen LogP contribution in [0, 0.1) is 0 Å². The van der Waals surface area contributed by atoms with Gasteiger partial charge in [0.2, 0.25) is 5.91 Å². The van der Waals surface area contributed by atoms with Crippen molar-refractivity contribution in [2.75, 3.05) is 33.4 Å². The van der Waals surface area contributed by atoms with E-state index in [2.05, 4.69) is 15.1 Å². The molecule has 0 spiro atoms. The molecule has 0 N–H and O–H groups in total. The van der Waals surface area contributed by atoms with Gasteiger partial charge >= 0.3 is 0 Å². The molecule has 32 heavy (non-hydrogen) atoms. The van der Waals surface area contributed by atoms with Gasteiger partial charge in [-0.05, 0) is 37.0 Å². The van der Waals surface area contributed by atoms with Crippen LogP contribution in [0.4, 0.5) is 0 Å². The molecule has 1 aromatic carbocycles. The maximum atomic E-state index is 12.9. The van der Waals surface area contributed by atoms with Gasteiger partial charge in [-0.2, -0.15) is 4.98 Å². The standard InChI is InChI=1S/C24H28N4O4/c1-30-14-11-24(23-26-22(32-27-23)20-9-5-12-25-15-20)10-6-13-28(18-24)21(29)17-31-16-19-7-3-2-4-8-19/h2-5,7-9,12,15H,6,10-11,13-14,16-18H2,1H3. The lowest BCUT2D eigenvalue weighted by atomic mass is 9.76. The van der Waals surface area contributed by atoms with Crippen LogP contribution in [0.5, 0.6) is 0 Å².